The van der Waals surface area contributed by atoms with Gasteiger partial charge in [0.15, 0.2) is 5.79 Å². The van der Waals surface area contributed by atoms with Crippen molar-refractivity contribution in [2.24, 2.45) is 11.7 Å². The summed E-state index contributed by atoms with van der Waals surface area (Å²) in [6, 6.07) is 0. The normalized spacial score (nSPS) is 30.5. The lowest BCUT2D eigenvalue weighted by Gasteiger charge is -2.20. The Morgan fingerprint density at radius 1 is 1.58 bits per heavy atom. The van der Waals surface area contributed by atoms with E-state index < -0.39 is 5.79 Å². The van der Waals surface area contributed by atoms with Crippen molar-refractivity contribution < 1.29 is 9.47 Å². The molecule has 1 aliphatic heterocycles. The topological polar surface area (TPSA) is 44.5 Å². The standard InChI is InChI=1S/C9H19NO2/c1-7(4-5-10)8-6-11-9(2,3)12-8/h7-8H,4-6,10H2,1-3H3. The molecule has 0 aromatic carbocycles. The van der Waals surface area contributed by atoms with E-state index in [2.05, 4.69) is 6.92 Å². The van der Waals surface area contributed by atoms with Gasteiger partial charge in [0, 0.05) is 0 Å². The highest BCUT2D eigenvalue weighted by Crippen LogP contribution is 2.27. The second-order valence-corrected chi connectivity index (χ2v) is 3.92. The minimum absolute atomic E-state index is 0.226. The van der Waals surface area contributed by atoms with Gasteiger partial charge >= 0.3 is 0 Å². The number of ether oxygens (including phenoxy) is 2. The lowest BCUT2D eigenvalue weighted by Crippen LogP contribution is -2.26. The number of hydrogen-bond donors (Lipinski definition) is 1. The fourth-order valence-corrected chi connectivity index (χ4v) is 1.44. The van der Waals surface area contributed by atoms with E-state index in [0.29, 0.717) is 12.5 Å². The molecule has 1 fully saturated rings. The van der Waals surface area contributed by atoms with Crippen molar-refractivity contribution in [1.82, 2.24) is 0 Å². The van der Waals surface area contributed by atoms with Crippen LogP contribution in [-0.2, 0) is 9.47 Å². The lowest BCUT2D eigenvalue weighted by atomic mass is 10.0. The molecule has 0 radical (unpaired) electrons. The highest BCUT2D eigenvalue weighted by molar-refractivity contribution is 4.75. The Morgan fingerprint density at radius 3 is 2.67 bits per heavy atom. The monoisotopic (exact) mass is 173 g/mol. The molecule has 0 aliphatic carbocycles. The van der Waals surface area contributed by atoms with Crippen molar-refractivity contribution in [1.29, 1.82) is 0 Å². The minimum Gasteiger partial charge on any atom is -0.348 e. The number of nitrogens with two attached hydrogens (primary N) is 1. The van der Waals surface area contributed by atoms with Crippen molar-refractivity contribution in [2.75, 3.05) is 13.2 Å². The van der Waals surface area contributed by atoms with Crippen LogP contribution in [0.4, 0.5) is 0 Å². The predicted octanol–water partition coefficient (Wildman–Crippen LogP) is 1.12. The van der Waals surface area contributed by atoms with Crippen LogP contribution in [0.3, 0.4) is 0 Å². The molecule has 0 bridgehead atoms. The fourth-order valence-electron chi connectivity index (χ4n) is 1.44. The van der Waals surface area contributed by atoms with Gasteiger partial charge in [-0.05, 0) is 32.7 Å². The third-order valence-corrected chi connectivity index (χ3v) is 2.29. The predicted molar refractivity (Wildman–Crippen MR) is 47.7 cm³/mol. The van der Waals surface area contributed by atoms with Crippen LogP contribution in [0.2, 0.25) is 0 Å². The molecule has 1 heterocycles. The van der Waals surface area contributed by atoms with Crippen LogP contribution in [0, 0.1) is 5.92 Å². The minimum atomic E-state index is -0.395. The summed E-state index contributed by atoms with van der Waals surface area (Å²) in [4.78, 5) is 0. The SMILES string of the molecule is CC(CCN)C1COC(C)(C)O1. The first-order chi connectivity index (χ1) is 5.55. The second-order valence-electron chi connectivity index (χ2n) is 3.92. The van der Waals surface area contributed by atoms with Crippen molar-refractivity contribution in [3.63, 3.8) is 0 Å². The summed E-state index contributed by atoms with van der Waals surface area (Å²) in [7, 11) is 0. The van der Waals surface area contributed by atoms with Crippen LogP contribution in [0.25, 0.3) is 0 Å². The zero-order chi connectivity index (χ0) is 9.19. The number of rotatable bonds is 3. The maximum atomic E-state index is 5.69. The molecular weight excluding hydrogens is 154 g/mol. The molecule has 2 atom stereocenters. The molecule has 0 aromatic heterocycles. The molecule has 1 saturated heterocycles. The van der Waals surface area contributed by atoms with Gasteiger partial charge in [-0.2, -0.15) is 0 Å². The quantitative estimate of drug-likeness (QED) is 0.695. The smallest absolute Gasteiger partial charge is 0.163 e. The van der Waals surface area contributed by atoms with Gasteiger partial charge < -0.3 is 15.2 Å². The Morgan fingerprint density at radius 2 is 2.25 bits per heavy atom. The van der Waals surface area contributed by atoms with E-state index in [9.17, 15) is 0 Å². The second kappa shape index (κ2) is 3.73. The molecule has 0 spiro atoms. The Hall–Kier alpha value is -0.120. The van der Waals surface area contributed by atoms with Gasteiger partial charge in [0.2, 0.25) is 0 Å². The van der Waals surface area contributed by atoms with Crippen LogP contribution < -0.4 is 5.73 Å². The van der Waals surface area contributed by atoms with E-state index in [4.69, 9.17) is 15.2 Å². The molecule has 0 saturated carbocycles. The van der Waals surface area contributed by atoms with Gasteiger partial charge in [0.05, 0.1) is 12.7 Å². The largest absolute Gasteiger partial charge is 0.348 e. The molecule has 0 amide bonds. The van der Waals surface area contributed by atoms with Crippen molar-refractivity contribution in [3.05, 3.63) is 0 Å². The average molecular weight is 173 g/mol. The summed E-state index contributed by atoms with van der Waals surface area (Å²) in [6.07, 6.45) is 1.23. The van der Waals surface area contributed by atoms with Gasteiger partial charge in [-0.1, -0.05) is 6.92 Å². The molecule has 3 heteroatoms. The third kappa shape index (κ3) is 2.44. The summed E-state index contributed by atoms with van der Waals surface area (Å²) in [5, 5.41) is 0. The van der Waals surface area contributed by atoms with E-state index in [1.54, 1.807) is 0 Å². The summed E-state index contributed by atoms with van der Waals surface area (Å²) >= 11 is 0. The van der Waals surface area contributed by atoms with Gasteiger partial charge in [-0.15, -0.1) is 0 Å². The molecule has 2 unspecified atom stereocenters. The van der Waals surface area contributed by atoms with E-state index in [-0.39, 0.29) is 6.10 Å². The maximum absolute atomic E-state index is 5.69. The highest BCUT2D eigenvalue weighted by atomic mass is 16.7. The molecule has 1 rings (SSSR count). The van der Waals surface area contributed by atoms with E-state index in [1.165, 1.54) is 0 Å². The molecule has 1 aliphatic rings. The Balaban J connectivity index is 2.36. The Kier molecular flexibility index (Phi) is 3.09. The number of hydrogen-bond acceptors (Lipinski definition) is 3. The molecule has 72 valence electrons. The highest BCUT2D eigenvalue weighted by Gasteiger charge is 2.35. The van der Waals surface area contributed by atoms with Crippen molar-refractivity contribution in [3.8, 4) is 0 Å². The average Bonchev–Trinajstić information content (AvgIpc) is 2.31. The van der Waals surface area contributed by atoms with Crippen LogP contribution in [-0.4, -0.2) is 25.0 Å². The van der Waals surface area contributed by atoms with Crippen molar-refractivity contribution >= 4 is 0 Å². The van der Waals surface area contributed by atoms with Crippen LogP contribution in [0.1, 0.15) is 27.2 Å². The molecular formula is C9H19NO2. The van der Waals surface area contributed by atoms with E-state index in [1.807, 2.05) is 13.8 Å². The lowest BCUT2D eigenvalue weighted by molar-refractivity contribution is -0.143. The third-order valence-electron chi connectivity index (χ3n) is 2.29. The maximum Gasteiger partial charge on any atom is 0.163 e. The van der Waals surface area contributed by atoms with Crippen LogP contribution in [0.15, 0.2) is 0 Å². The van der Waals surface area contributed by atoms with Gasteiger partial charge in [0.25, 0.3) is 0 Å². The summed E-state index contributed by atoms with van der Waals surface area (Å²) < 4.78 is 11.1. The van der Waals surface area contributed by atoms with Gasteiger partial charge in [-0.25, -0.2) is 0 Å². The van der Waals surface area contributed by atoms with E-state index in [0.717, 1.165) is 13.0 Å². The molecule has 2 N–H and O–H groups in total. The Labute approximate surface area is 74.2 Å². The molecule has 12 heavy (non-hydrogen) atoms. The first-order valence-electron chi connectivity index (χ1n) is 4.57. The molecule has 3 nitrogen and oxygen atoms in total. The summed E-state index contributed by atoms with van der Waals surface area (Å²) in [5.74, 6) is 0.102. The Bertz CT molecular complexity index is 147. The first-order valence-corrected chi connectivity index (χ1v) is 4.57. The summed E-state index contributed by atoms with van der Waals surface area (Å²) in [6.45, 7) is 7.47. The first kappa shape index (κ1) is 9.96. The van der Waals surface area contributed by atoms with Gasteiger partial charge in [0.1, 0.15) is 0 Å². The van der Waals surface area contributed by atoms with Crippen LogP contribution in [0.5, 0.6) is 0 Å². The molecule has 0 aromatic rings. The summed E-state index contributed by atoms with van der Waals surface area (Å²) in [5.41, 5.74) is 5.47. The zero-order valence-electron chi connectivity index (χ0n) is 8.17. The fraction of sp³-hybridized carbons (Fsp3) is 1.00. The van der Waals surface area contributed by atoms with Crippen LogP contribution >= 0.6 is 0 Å². The van der Waals surface area contributed by atoms with Gasteiger partial charge in [-0.3, -0.25) is 0 Å². The van der Waals surface area contributed by atoms with E-state index >= 15 is 0 Å². The van der Waals surface area contributed by atoms with Crippen molar-refractivity contribution in [2.45, 2.75) is 39.1 Å². The zero-order valence-corrected chi connectivity index (χ0v) is 8.17.